The van der Waals surface area contributed by atoms with Crippen molar-refractivity contribution in [3.63, 3.8) is 0 Å². The Labute approximate surface area is 136 Å². The van der Waals surface area contributed by atoms with Gasteiger partial charge < -0.3 is 5.32 Å². The standard InChI is InChI=1S/C17H22ClN3O/c1-11(2)14-6-5-7-15(12(3)4)17(14)20-16(22)10-21-9-13(18)8-19-21/h5-9,11-12H,10H2,1-4H3,(H,20,22). The van der Waals surface area contributed by atoms with Gasteiger partial charge in [-0.2, -0.15) is 5.10 Å². The highest BCUT2D eigenvalue weighted by Gasteiger charge is 2.16. The van der Waals surface area contributed by atoms with Crippen molar-refractivity contribution in [2.24, 2.45) is 0 Å². The summed E-state index contributed by atoms with van der Waals surface area (Å²) in [6.45, 7) is 8.66. The van der Waals surface area contributed by atoms with E-state index in [0.717, 1.165) is 16.8 Å². The molecule has 0 bridgehead atoms. The normalized spacial score (nSPS) is 11.2. The lowest BCUT2D eigenvalue weighted by Crippen LogP contribution is -2.21. The minimum Gasteiger partial charge on any atom is -0.324 e. The quantitative estimate of drug-likeness (QED) is 0.886. The van der Waals surface area contributed by atoms with Crippen molar-refractivity contribution in [3.05, 3.63) is 46.7 Å². The molecule has 2 rings (SSSR count). The summed E-state index contributed by atoms with van der Waals surface area (Å²) in [4.78, 5) is 12.3. The molecule has 1 amide bonds. The largest absolute Gasteiger partial charge is 0.324 e. The Balaban J connectivity index is 2.25. The van der Waals surface area contributed by atoms with Crippen molar-refractivity contribution in [2.75, 3.05) is 5.32 Å². The molecule has 0 unspecified atom stereocenters. The maximum absolute atomic E-state index is 12.3. The van der Waals surface area contributed by atoms with Gasteiger partial charge in [-0.05, 0) is 23.0 Å². The molecule has 0 atom stereocenters. The van der Waals surface area contributed by atoms with E-state index in [9.17, 15) is 4.79 Å². The third-order valence-electron chi connectivity index (χ3n) is 3.54. The molecule has 4 nitrogen and oxygen atoms in total. The van der Waals surface area contributed by atoms with Crippen molar-refractivity contribution in [2.45, 2.75) is 46.1 Å². The van der Waals surface area contributed by atoms with Crippen LogP contribution in [0.1, 0.15) is 50.7 Å². The number of aromatic nitrogens is 2. The Morgan fingerprint density at radius 3 is 2.27 bits per heavy atom. The molecule has 1 aromatic carbocycles. The number of nitrogens with zero attached hydrogens (tertiary/aromatic N) is 2. The Morgan fingerprint density at radius 1 is 1.23 bits per heavy atom. The number of nitrogens with one attached hydrogen (secondary N) is 1. The number of rotatable bonds is 5. The van der Waals surface area contributed by atoms with Crippen LogP contribution >= 0.6 is 11.6 Å². The van der Waals surface area contributed by atoms with Crippen LogP contribution in [0.3, 0.4) is 0 Å². The zero-order valence-electron chi connectivity index (χ0n) is 13.4. The smallest absolute Gasteiger partial charge is 0.246 e. The predicted molar refractivity (Wildman–Crippen MR) is 90.5 cm³/mol. The van der Waals surface area contributed by atoms with Crippen LogP contribution in [0.4, 0.5) is 5.69 Å². The highest BCUT2D eigenvalue weighted by atomic mass is 35.5. The highest BCUT2D eigenvalue weighted by molar-refractivity contribution is 6.30. The molecule has 0 aliphatic carbocycles. The predicted octanol–water partition coefficient (Wildman–Crippen LogP) is 4.42. The topological polar surface area (TPSA) is 46.9 Å². The molecule has 0 spiro atoms. The van der Waals surface area contributed by atoms with Crippen LogP contribution in [0.15, 0.2) is 30.6 Å². The van der Waals surface area contributed by atoms with Crippen LogP contribution in [0.5, 0.6) is 0 Å². The number of amides is 1. The number of carbonyl (C=O) groups excluding carboxylic acids is 1. The minimum atomic E-state index is -0.102. The van der Waals surface area contributed by atoms with Gasteiger partial charge in [0.05, 0.1) is 11.2 Å². The first kappa shape index (κ1) is 16.6. The monoisotopic (exact) mass is 319 g/mol. The molecule has 0 aliphatic rings. The van der Waals surface area contributed by atoms with Crippen molar-refractivity contribution in [1.29, 1.82) is 0 Å². The van der Waals surface area contributed by atoms with Gasteiger partial charge in [-0.15, -0.1) is 0 Å². The first-order chi connectivity index (χ1) is 10.4. The average Bonchev–Trinajstić information content (AvgIpc) is 2.83. The zero-order valence-corrected chi connectivity index (χ0v) is 14.2. The third-order valence-corrected chi connectivity index (χ3v) is 3.74. The first-order valence-corrected chi connectivity index (χ1v) is 7.87. The molecule has 0 aliphatic heterocycles. The fourth-order valence-corrected chi connectivity index (χ4v) is 2.60. The van der Waals surface area contributed by atoms with Gasteiger partial charge in [0.2, 0.25) is 5.91 Å². The Kier molecular flexibility index (Phi) is 5.24. The van der Waals surface area contributed by atoms with E-state index in [1.54, 1.807) is 6.20 Å². The summed E-state index contributed by atoms with van der Waals surface area (Å²) in [5.74, 6) is 0.580. The molecule has 5 heteroatoms. The lowest BCUT2D eigenvalue weighted by Gasteiger charge is -2.20. The summed E-state index contributed by atoms with van der Waals surface area (Å²) in [7, 11) is 0. The van der Waals surface area contributed by atoms with E-state index in [1.165, 1.54) is 10.9 Å². The molecule has 1 N–H and O–H groups in total. The van der Waals surface area contributed by atoms with Gasteiger partial charge in [-0.3, -0.25) is 9.48 Å². The zero-order chi connectivity index (χ0) is 16.3. The lowest BCUT2D eigenvalue weighted by molar-refractivity contribution is -0.116. The van der Waals surface area contributed by atoms with Crippen LogP contribution in [0.2, 0.25) is 5.02 Å². The van der Waals surface area contributed by atoms with Gasteiger partial charge in [-0.1, -0.05) is 57.5 Å². The van der Waals surface area contributed by atoms with Gasteiger partial charge in [0.25, 0.3) is 0 Å². The number of hydrogen-bond acceptors (Lipinski definition) is 2. The number of halogens is 1. The van der Waals surface area contributed by atoms with Gasteiger partial charge in [0.15, 0.2) is 0 Å². The van der Waals surface area contributed by atoms with Crippen LogP contribution < -0.4 is 5.32 Å². The molecule has 2 aromatic rings. The molecular weight excluding hydrogens is 298 g/mol. The Morgan fingerprint density at radius 2 is 1.82 bits per heavy atom. The van der Waals surface area contributed by atoms with Gasteiger partial charge in [0.1, 0.15) is 6.54 Å². The number of para-hydroxylation sites is 1. The fraction of sp³-hybridized carbons (Fsp3) is 0.412. The molecule has 22 heavy (non-hydrogen) atoms. The third kappa shape index (κ3) is 3.89. The molecule has 1 heterocycles. The van der Waals surface area contributed by atoms with Crippen LogP contribution in [-0.2, 0) is 11.3 Å². The van der Waals surface area contributed by atoms with Crippen LogP contribution in [0, 0.1) is 0 Å². The summed E-state index contributed by atoms with van der Waals surface area (Å²) >= 11 is 5.82. The lowest BCUT2D eigenvalue weighted by atomic mass is 9.92. The van der Waals surface area contributed by atoms with E-state index in [4.69, 9.17) is 11.6 Å². The maximum Gasteiger partial charge on any atom is 0.246 e. The van der Waals surface area contributed by atoms with Crippen molar-refractivity contribution < 1.29 is 4.79 Å². The van der Waals surface area contributed by atoms with Crippen LogP contribution in [0.25, 0.3) is 0 Å². The number of benzene rings is 1. The summed E-state index contributed by atoms with van der Waals surface area (Å²) in [6.07, 6.45) is 3.16. The second-order valence-corrected chi connectivity index (χ2v) is 6.46. The first-order valence-electron chi connectivity index (χ1n) is 7.49. The summed E-state index contributed by atoms with van der Waals surface area (Å²) in [5, 5.41) is 7.62. The van der Waals surface area contributed by atoms with Crippen molar-refractivity contribution in [1.82, 2.24) is 9.78 Å². The average molecular weight is 320 g/mol. The van der Waals surface area contributed by atoms with Crippen molar-refractivity contribution in [3.8, 4) is 0 Å². The van der Waals surface area contributed by atoms with E-state index in [0.29, 0.717) is 16.9 Å². The summed E-state index contributed by atoms with van der Waals surface area (Å²) < 4.78 is 1.53. The van der Waals surface area contributed by atoms with E-state index < -0.39 is 0 Å². The molecule has 0 fully saturated rings. The summed E-state index contributed by atoms with van der Waals surface area (Å²) in [6, 6.07) is 6.18. The highest BCUT2D eigenvalue weighted by Crippen LogP contribution is 2.32. The minimum absolute atomic E-state index is 0.102. The number of hydrogen-bond donors (Lipinski definition) is 1. The molecule has 0 saturated heterocycles. The maximum atomic E-state index is 12.3. The molecule has 0 radical (unpaired) electrons. The second-order valence-electron chi connectivity index (χ2n) is 6.03. The van der Waals surface area contributed by atoms with Gasteiger partial charge in [-0.25, -0.2) is 0 Å². The molecular formula is C17H22ClN3O. The van der Waals surface area contributed by atoms with Gasteiger partial charge >= 0.3 is 0 Å². The number of carbonyl (C=O) groups is 1. The summed E-state index contributed by atoms with van der Waals surface area (Å²) in [5.41, 5.74) is 3.23. The second kappa shape index (κ2) is 6.97. The van der Waals surface area contributed by atoms with E-state index in [1.807, 2.05) is 6.07 Å². The molecule has 1 aromatic heterocycles. The van der Waals surface area contributed by atoms with E-state index in [-0.39, 0.29) is 12.5 Å². The van der Waals surface area contributed by atoms with E-state index in [2.05, 4.69) is 50.2 Å². The Hall–Kier alpha value is -1.81. The SMILES string of the molecule is CC(C)c1cccc(C(C)C)c1NC(=O)Cn1cc(Cl)cn1. The Bertz CT molecular complexity index is 635. The fourth-order valence-electron chi connectivity index (χ4n) is 2.45. The van der Waals surface area contributed by atoms with Gasteiger partial charge in [0, 0.05) is 11.9 Å². The molecule has 118 valence electrons. The molecule has 0 saturated carbocycles. The number of anilines is 1. The van der Waals surface area contributed by atoms with E-state index >= 15 is 0 Å². The van der Waals surface area contributed by atoms with Crippen molar-refractivity contribution >= 4 is 23.2 Å². The van der Waals surface area contributed by atoms with Crippen LogP contribution in [-0.4, -0.2) is 15.7 Å².